The zero-order chi connectivity index (χ0) is 15.4. The molecule has 1 aromatic carbocycles. The molecule has 0 saturated heterocycles. The van der Waals surface area contributed by atoms with Crippen LogP contribution in [0.4, 0.5) is 5.82 Å². The third-order valence-electron chi connectivity index (χ3n) is 3.18. The van der Waals surface area contributed by atoms with Gasteiger partial charge in [0.15, 0.2) is 0 Å². The standard InChI is InChI=1S/C17H16N4O/c1-13-6-5-9-16(19-13)20-17(22)10-14-11-18-21(12-14)15-7-3-2-4-8-15/h2-9,11-12H,10H2,1H3,(H,19,20,22). The number of rotatable bonds is 4. The number of benzene rings is 1. The average molecular weight is 292 g/mol. The first-order valence-electron chi connectivity index (χ1n) is 7.03. The van der Waals surface area contributed by atoms with E-state index in [1.54, 1.807) is 16.9 Å². The van der Waals surface area contributed by atoms with Crippen molar-refractivity contribution in [3.05, 3.63) is 72.2 Å². The molecule has 22 heavy (non-hydrogen) atoms. The van der Waals surface area contributed by atoms with Crippen LogP contribution in [-0.4, -0.2) is 20.7 Å². The summed E-state index contributed by atoms with van der Waals surface area (Å²) in [5, 5.41) is 7.07. The van der Waals surface area contributed by atoms with Crippen LogP contribution in [0.1, 0.15) is 11.3 Å². The maximum absolute atomic E-state index is 12.1. The maximum atomic E-state index is 12.1. The molecule has 0 aliphatic carbocycles. The van der Waals surface area contributed by atoms with Crippen molar-refractivity contribution in [3.63, 3.8) is 0 Å². The lowest BCUT2D eigenvalue weighted by Crippen LogP contribution is -2.15. The number of anilines is 1. The van der Waals surface area contributed by atoms with Crippen molar-refractivity contribution in [2.24, 2.45) is 0 Å². The Hall–Kier alpha value is -2.95. The highest BCUT2D eigenvalue weighted by Crippen LogP contribution is 2.09. The van der Waals surface area contributed by atoms with Crippen molar-refractivity contribution in [1.82, 2.24) is 14.8 Å². The fourth-order valence-corrected chi connectivity index (χ4v) is 2.16. The average Bonchev–Trinajstić information content (AvgIpc) is 2.96. The van der Waals surface area contributed by atoms with Crippen LogP contribution in [-0.2, 0) is 11.2 Å². The van der Waals surface area contributed by atoms with Gasteiger partial charge in [0, 0.05) is 11.9 Å². The van der Waals surface area contributed by atoms with Gasteiger partial charge < -0.3 is 5.32 Å². The van der Waals surface area contributed by atoms with E-state index < -0.39 is 0 Å². The number of para-hydroxylation sites is 1. The minimum atomic E-state index is -0.106. The van der Waals surface area contributed by atoms with Crippen molar-refractivity contribution in [3.8, 4) is 5.69 Å². The molecule has 3 rings (SSSR count). The summed E-state index contributed by atoms with van der Waals surface area (Å²) in [6.45, 7) is 1.89. The van der Waals surface area contributed by atoms with E-state index in [1.807, 2.05) is 55.6 Å². The number of carbonyl (C=O) groups is 1. The first kappa shape index (κ1) is 14.0. The molecule has 110 valence electrons. The second kappa shape index (κ2) is 6.22. The quantitative estimate of drug-likeness (QED) is 0.804. The molecule has 5 nitrogen and oxygen atoms in total. The molecule has 0 aliphatic rings. The van der Waals surface area contributed by atoms with Gasteiger partial charge in [0.25, 0.3) is 0 Å². The highest BCUT2D eigenvalue weighted by Gasteiger charge is 2.08. The number of nitrogens with one attached hydrogen (secondary N) is 1. The lowest BCUT2D eigenvalue weighted by Gasteiger charge is -2.04. The molecule has 0 atom stereocenters. The predicted molar refractivity (Wildman–Crippen MR) is 84.9 cm³/mol. The van der Waals surface area contributed by atoms with Gasteiger partial charge in [-0.3, -0.25) is 4.79 Å². The van der Waals surface area contributed by atoms with Crippen molar-refractivity contribution in [1.29, 1.82) is 0 Å². The van der Waals surface area contributed by atoms with Crippen LogP contribution in [0, 0.1) is 6.92 Å². The maximum Gasteiger partial charge on any atom is 0.230 e. The van der Waals surface area contributed by atoms with Crippen molar-refractivity contribution < 1.29 is 4.79 Å². The number of pyridine rings is 1. The topological polar surface area (TPSA) is 59.8 Å². The summed E-state index contributed by atoms with van der Waals surface area (Å²) in [7, 11) is 0. The number of aromatic nitrogens is 3. The van der Waals surface area contributed by atoms with E-state index in [1.165, 1.54) is 0 Å². The van der Waals surface area contributed by atoms with Gasteiger partial charge in [0.2, 0.25) is 5.91 Å². The van der Waals surface area contributed by atoms with E-state index in [9.17, 15) is 4.79 Å². The second-order valence-electron chi connectivity index (χ2n) is 5.02. The summed E-state index contributed by atoms with van der Waals surface area (Å²) in [4.78, 5) is 16.3. The van der Waals surface area contributed by atoms with Gasteiger partial charge in [-0.15, -0.1) is 0 Å². The van der Waals surface area contributed by atoms with Crippen LogP contribution < -0.4 is 5.32 Å². The monoisotopic (exact) mass is 292 g/mol. The van der Waals surface area contributed by atoms with Crippen molar-refractivity contribution in [2.45, 2.75) is 13.3 Å². The number of carbonyl (C=O) groups excluding carboxylic acids is 1. The minimum absolute atomic E-state index is 0.106. The summed E-state index contributed by atoms with van der Waals surface area (Å²) < 4.78 is 1.76. The van der Waals surface area contributed by atoms with Crippen LogP contribution in [0.2, 0.25) is 0 Å². The van der Waals surface area contributed by atoms with Gasteiger partial charge in [-0.05, 0) is 36.8 Å². The molecule has 0 aliphatic heterocycles. The molecule has 1 N–H and O–H groups in total. The van der Waals surface area contributed by atoms with Crippen LogP contribution in [0.3, 0.4) is 0 Å². The van der Waals surface area contributed by atoms with Crippen LogP contribution in [0.5, 0.6) is 0 Å². The number of hydrogen-bond acceptors (Lipinski definition) is 3. The molecule has 0 radical (unpaired) electrons. The van der Waals surface area contributed by atoms with E-state index in [0.717, 1.165) is 16.9 Å². The van der Waals surface area contributed by atoms with Gasteiger partial charge in [-0.1, -0.05) is 24.3 Å². The van der Waals surface area contributed by atoms with Gasteiger partial charge >= 0.3 is 0 Å². The zero-order valence-corrected chi connectivity index (χ0v) is 12.2. The summed E-state index contributed by atoms with van der Waals surface area (Å²) in [6.07, 6.45) is 3.83. The van der Waals surface area contributed by atoms with Crippen LogP contribution in [0.15, 0.2) is 60.9 Å². The lowest BCUT2D eigenvalue weighted by atomic mass is 10.2. The highest BCUT2D eigenvalue weighted by molar-refractivity contribution is 5.91. The summed E-state index contributed by atoms with van der Waals surface area (Å²) in [6, 6.07) is 15.3. The molecule has 2 aromatic heterocycles. The van der Waals surface area contributed by atoms with E-state index in [2.05, 4.69) is 15.4 Å². The van der Waals surface area contributed by atoms with Crippen molar-refractivity contribution >= 4 is 11.7 Å². The normalized spacial score (nSPS) is 10.4. The minimum Gasteiger partial charge on any atom is -0.310 e. The third kappa shape index (κ3) is 3.38. The Kier molecular flexibility index (Phi) is 3.96. The summed E-state index contributed by atoms with van der Waals surface area (Å²) >= 11 is 0. The van der Waals surface area contributed by atoms with Gasteiger partial charge in [0.05, 0.1) is 18.3 Å². The first-order valence-corrected chi connectivity index (χ1v) is 7.03. The molecular formula is C17H16N4O. The van der Waals surface area contributed by atoms with E-state index in [4.69, 9.17) is 0 Å². The molecule has 0 unspecified atom stereocenters. The van der Waals surface area contributed by atoms with E-state index in [-0.39, 0.29) is 12.3 Å². The Bertz CT molecular complexity index is 780. The smallest absolute Gasteiger partial charge is 0.230 e. The fourth-order valence-electron chi connectivity index (χ4n) is 2.16. The summed E-state index contributed by atoms with van der Waals surface area (Å²) in [5.41, 5.74) is 2.69. The van der Waals surface area contributed by atoms with Crippen LogP contribution >= 0.6 is 0 Å². The molecule has 0 fully saturated rings. The molecule has 0 spiro atoms. The highest BCUT2D eigenvalue weighted by atomic mass is 16.1. The predicted octanol–water partition coefficient (Wildman–Crippen LogP) is 2.76. The molecular weight excluding hydrogens is 276 g/mol. The Morgan fingerprint density at radius 3 is 2.73 bits per heavy atom. The molecule has 0 bridgehead atoms. The van der Waals surface area contributed by atoms with E-state index in [0.29, 0.717) is 5.82 Å². The lowest BCUT2D eigenvalue weighted by molar-refractivity contribution is -0.115. The first-order chi connectivity index (χ1) is 10.7. The number of amides is 1. The van der Waals surface area contributed by atoms with E-state index >= 15 is 0 Å². The van der Waals surface area contributed by atoms with Crippen molar-refractivity contribution in [2.75, 3.05) is 5.32 Å². The molecule has 2 heterocycles. The van der Waals surface area contributed by atoms with Gasteiger partial charge in [-0.2, -0.15) is 5.10 Å². The van der Waals surface area contributed by atoms with Gasteiger partial charge in [-0.25, -0.2) is 9.67 Å². The number of nitrogens with zero attached hydrogens (tertiary/aromatic N) is 3. The SMILES string of the molecule is Cc1cccc(NC(=O)Cc2cnn(-c3ccccc3)c2)n1. The Labute approximate surface area is 128 Å². The Balaban J connectivity index is 1.66. The number of hydrogen-bond donors (Lipinski definition) is 1. The Morgan fingerprint density at radius 2 is 1.95 bits per heavy atom. The second-order valence-corrected chi connectivity index (χ2v) is 5.02. The largest absolute Gasteiger partial charge is 0.310 e. The molecule has 5 heteroatoms. The van der Waals surface area contributed by atoms with Gasteiger partial charge in [0.1, 0.15) is 5.82 Å². The summed E-state index contributed by atoms with van der Waals surface area (Å²) in [5.74, 6) is 0.464. The fraction of sp³-hybridized carbons (Fsp3) is 0.118. The number of aryl methyl sites for hydroxylation is 1. The van der Waals surface area contributed by atoms with Crippen LogP contribution in [0.25, 0.3) is 5.69 Å². The Morgan fingerprint density at radius 1 is 1.14 bits per heavy atom. The third-order valence-corrected chi connectivity index (χ3v) is 3.18. The zero-order valence-electron chi connectivity index (χ0n) is 12.2. The molecule has 3 aromatic rings. The molecule has 1 amide bonds. The molecule has 0 saturated carbocycles.